The lowest BCUT2D eigenvalue weighted by Crippen LogP contribution is -2.47. The van der Waals surface area contributed by atoms with Crippen LogP contribution in [0.3, 0.4) is 0 Å². The molecule has 1 unspecified atom stereocenters. The monoisotopic (exact) mass is 277 g/mol. The number of likely N-dealkylation sites (tertiary alicyclic amines) is 1. The summed E-state index contributed by atoms with van der Waals surface area (Å²) in [6.45, 7) is 5.19. The Labute approximate surface area is 120 Å². The molecule has 1 aromatic rings. The second-order valence-electron chi connectivity index (χ2n) is 5.16. The molecule has 1 saturated heterocycles. The van der Waals surface area contributed by atoms with Gasteiger partial charge in [0, 0.05) is 18.3 Å². The Hall–Kier alpha value is -1.75. The molecule has 0 radical (unpaired) electrons. The van der Waals surface area contributed by atoms with Crippen LogP contribution in [0.1, 0.15) is 30.1 Å². The predicted molar refractivity (Wildman–Crippen MR) is 80.0 cm³/mol. The molecule has 1 atom stereocenters. The zero-order chi connectivity index (χ0) is 14.5. The maximum absolute atomic E-state index is 12.3. The highest BCUT2D eigenvalue weighted by molar-refractivity contribution is 5.99. The van der Waals surface area contributed by atoms with Gasteiger partial charge in [-0.05, 0) is 44.1 Å². The van der Waals surface area contributed by atoms with E-state index in [0.29, 0.717) is 17.0 Å². The van der Waals surface area contributed by atoms with Gasteiger partial charge in [-0.1, -0.05) is 6.92 Å². The number of benzene rings is 1. The van der Waals surface area contributed by atoms with Gasteiger partial charge in [-0.2, -0.15) is 0 Å². The number of hydrogen-bond donors (Lipinski definition) is 2. The number of likely N-dealkylation sites (N-methyl/N-ethyl adjacent to an activating group) is 1. The second kappa shape index (κ2) is 6.61. The zero-order valence-corrected chi connectivity index (χ0v) is 12.2. The standard InChI is InChI=1S/C15H23N3O2/c1-3-18-8-4-5-11(10-18)17-15(19)13-9-12(20-2)6-7-14(13)16/h6-7,9,11H,3-5,8,10,16H2,1-2H3,(H,17,19). The third kappa shape index (κ3) is 3.42. The van der Waals surface area contributed by atoms with Crippen molar-refractivity contribution in [3.63, 3.8) is 0 Å². The number of nitrogen functional groups attached to an aromatic ring is 1. The summed E-state index contributed by atoms with van der Waals surface area (Å²) in [6.07, 6.45) is 2.14. The van der Waals surface area contributed by atoms with Gasteiger partial charge < -0.3 is 20.7 Å². The van der Waals surface area contributed by atoms with Gasteiger partial charge in [0.05, 0.1) is 12.7 Å². The van der Waals surface area contributed by atoms with Crippen molar-refractivity contribution >= 4 is 11.6 Å². The molecule has 5 nitrogen and oxygen atoms in total. The molecule has 0 aromatic heterocycles. The molecule has 1 fully saturated rings. The highest BCUT2D eigenvalue weighted by Crippen LogP contribution is 2.20. The van der Waals surface area contributed by atoms with Crippen LogP contribution in [-0.2, 0) is 0 Å². The summed E-state index contributed by atoms with van der Waals surface area (Å²) in [4.78, 5) is 14.7. The molecule has 1 aromatic carbocycles. The molecule has 0 bridgehead atoms. The zero-order valence-electron chi connectivity index (χ0n) is 12.2. The first-order valence-corrected chi connectivity index (χ1v) is 7.10. The van der Waals surface area contributed by atoms with E-state index in [1.54, 1.807) is 25.3 Å². The van der Waals surface area contributed by atoms with Crippen LogP contribution in [0.4, 0.5) is 5.69 Å². The molecule has 5 heteroatoms. The number of hydrogen-bond acceptors (Lipinski definition) is 4. The number of piperidine rings is 1. The summed E-state index contributed by atoms with van der Waals surface area (Å²) in [6, 6.07) is 5.34. The van der Waals surface area contributed by atoms with Crippen LogP contribution in [0.25, 0.3) is 0 Å². The minimum Gasteiger partial charge on any atom is -0.497 e. The molecule has 1 aliphatic rings. The van der Waals surface area contributed by atoms with Crippen molar-refractivity contribution < 1.29 is 9.53 Å². The summed E-state index contributed by atoms with van der Waals surface area (Å²) in [5.74, 6) is 0.521. The lowest BCUT2D eigenvalue weighted by Gasteiger charge is -2.32. The van der Waals surface area contributed by atoms with E-state index >= 15 is 0 Å². The maximum Gasteiger partial charge on any atom is 0.253 e. The minimum absolute atomic E-state index is 0.121. The molecule has 1 aliphatic heterocycles. The van der Waals surface area contributed by atoms with Crippen molar-refractivity contribution in [2.24, 2.45) is 0 Å². The van der Waals surface area contributed by atoms with E-state index in [9.17, 15) is 4.79 Å². The van der Waals surface area contributed by atoms with Gasteiger partial charge >= 0.3 is 0 Å². The average Bonchev–Trinajstić information content (AvgIpc) is 2.47. The maximum atomic E-state index is 12.3. The second-order valence-corrected chi connectivity index (χ2v) is 5.16. The highest BCUT2D eigenvalue weighted by Gasteiger charge is 2.21. The molecule has 1 amide bonds. The van der Waals surface area contributed by atoms with Crippen LogP contribution >= 0.6 is 0 Å². The van der Waals surface area contributed by atoms with Crippen LogP contribution < -0.4 is 15.8 Å². The number of ether oxygens (including phenoxy) is 1. The first-order chi connectivity index (χ1) is 9.63. The SMILES string of the molecule is CCN1CCCC(NC(=O)c2cc(OC)ccc2N)C1. The van der Waals surface area contributed by atoms with E-state index in [-0.39, 0.29) is 11.9 Å². The quantitative estimate of drug-likeness (QED) is 0.818. The molecule has 110 valence electrons. The first kappa shape index (κ1) is 14.7. The van der Waals surface area contributed by atoms with Crippen molar-refractivity contribution in [1.29, 1.82) is 0 Å². The lowest BCUT2D eigenvalue weighted by atomic mass is 10.0. The molecule has 20 heavy (non-hydrogen) atoms. The molecule has 0 saturated carbocycles. The number of rotatable bonds is 4. The number of nitrogens with two attached hydrogens (primary N) is 1. The van der Waals surface area contributed by atoms with E-state index in [0.717, 1.165) is 32.5 Å². The molecular weight excluding hydrogens is 254 g/mol. The molecule has 1 heterocycles. The van der Waals surface area contributed by atoms with Gasteiger partial charge in [0.15, 0.2) is 0 Å². The predicted octanol–water partition coefficient (Wildman–Crippen LogP) is 1.49. The van der Waals surface area contributed by atoms with Crippen LogP contribution in [0.5, 0.6) is 5.75 Å². The van der Waals surface area contributed by atoms with E-state index in [1.807, 2.05) is 0 Å². The van der Waals surface area contributed by atoms with Crippen molar-refractivity contribution in [2.45, 2.75) is 25.8 Å². The Morgan fingerprint density at radius 3 is 3.05 bits per heavy atom. The fourth-order valence-electron chi connectivity index (χ4n) is 2.58. The van der Waals surface area contributed by atoms with Gasteiger partial charge in [-0.3, -0.25) is 4.79 Å². The summed E-state index contributed by atoms with van der Waals surface area (Å²) < 4.78 is 5.14. The van der Waals surface area contributed by atoms with Gasteiger partial charge in [0.2, 0.25) is 0 Å². The summed E-state index contributed by atoms with van der Waals surface area (Å²) in [7, 11) is 1.58. The average molecular weight is 277 g/mol. The number of carbonyl (C=O) groups is 1. The Morgan fingerprint density at radius 2 is 2.35 bits per heavy atom. The van der Waals surface area contributed by atoms with Crippen LogP contribution in [0.2, 0.25) is 0 Å². The van der Waals surface area contributed by atoms with E-state index in [1.165, 1.54) is 0 Å². The van der Waals surface area contributed by atoms with Gasteiger partial charge in [-0.25, -0.2) is 0 Å². The molecule has 3 N–H and O–H groups in total. The van der Waals surface area contributed by atoms with E-state index < -0.39 is 0 Å². The largest absolute Gasteiger partial charge is 0.497 e. The van der Waals surface area contributed by atoms with Crippen LogP contribution in [0, 0.1) is 0 Å². The summed E-state index contributed by atoms with van der Waals surface area (Å²) >= 11 is 0. The van der Waals surface area contributed by atoms with Gasteiger partial charge in [-0.15, -0.1) is 0 Å². The molecule has 0 aliphatic carbocycles. The smallest absolute Gasteiger partial charge is 0.253 e. The van der Waals surface area contributed by atoms with Gasteiger partial charge in [0.25, 0.3) is 5.91 Å². The highest BCUT2D eigenvalue weighted by atomic mass is 16.5. The fraction of sp³-hybridized carbons (Fsp3) is 0.533. The Bertz CT molecular complexity index is 476. The third-order valence-corrected chi connectivity index (χ3v) is 3.79. The Balaban J connectivity index is 2.04. The summed E-state index contributed by atoms with van der Waals surface area (Å²) in [5, 5.41) is 3.08. The van der Waals surface area contributed by atoms with E-state index in [2.05, 4.69) is 17.1 Å². The number of anilines is 1. The summed E-state index contributed by atoms with van der Waals surface area (Å²) in [5.41, 5.74) is 6.84. The topological polar surface area (TPSA) is 67.6 Å². The fourth-order valence-corrected chi connectivity index (χ4v) is 2.58. The minimum atomic E-state index is -0.121. The van der Waals surface area contributed by atoms with Crippen molar-refractivity contribution in [3.8, 4) is 5.75 Å². The van der Waals surface area contributed by atoms with Gasteiger partial charge in [0.1, 0.15) is 5.75 Å². The number of amides is 1. The molecule has 0 spiro atoms. The number of nitrogens with one attached hydrogen (secondary N) is 1. The van der Waals surface area contributed by atoms with Crippen molar-refractivity contribution in [3.05, 3.63) is 23.8 Å². The number of nitrogens with zero attached hydrogens (tertiary/aromatic N) is 1. The van der Waals surface area contributed by atoms with Crippen LogP contribution in [0.15, 0.2) is 18.2 Å². The Kier molecular flexibility index (Phi) is 4.84. The lowest BCUT2D eigenvalue weighted by molar-refractivity contribution is 0.0906. The van der Waals surface area contributed by atoms with Crippen LogP contribution in [-0.4, -0.2) is 43.6 Å². The number of methoxy groups -OCH3 is 1. The van der Waals surface area contributed by atoms with Crippen molar-refractivity contribution in [2.75, 3.05) is 32.5 Å². The number of carbonyl (C=O) groups excluding carboxylic acids is 1. The molecular formula is C15H23N3O2. The van der Waals surface area contributed by atoms with Crippen molar-refractivity contribution in [1.82, 2.24) is 10.2 Å². The van der Waals surface area contributed by atoms with E-state index in [4.69, 9.17) is 10.5 Å². The first-order valence-electron chi connectivity index (χ1n) is 7.10. The third-order valence-electron chi connectivity index (χ3n) is 3.79. The molecule has 2 rings (SSSR count). The normalized spacial score (nSPS) is 19.6. The Morgan fingerprint density at radius 1 is 1.55 bits per heavy atom.